The summed E-state index contributed by atoms with van der Waals surface area (Å²) in [7, 11) is 1.48. The first-order valence-corrected chi connectivity index (χ1v) is 7.71. The van der Waals surface area contributed by atoms with Gasteiger partial charge in [-0.25, -0.2) is 4.39 Å². The zero-order valence-corrected chi connectivity index (χ0v) is 13.4. The van der Waals surface area contributed by atoms with Gasteiger partial charge in [0.05, 0.1) is 7.11 Å². The number of nitrogens with one attached hydrogen (secondary N) is 1. The van der Waals surface area contributed by atoms with Crippen molar-refractivity contribution in [1.82, 2.24) is 5.32 Å². The van der Waals surface area contributed by atoms with E-state index in [1.54, 1.807) is 12.1 Å². The molecule has 0 aromatic heterocycles. The van der Waals surface area contributed by atoms with Gasteiger partial charge in [-0.1, -0.05) is 34.1 Å². The van der Waals surface area contributed by atoms with Crippen molar-refractivity contribution in [3.8, 4) is 5.75 Å². The highest BCUT2D eigenvalue weighted by Crippen LogP contribution is 2.34. The molecule has 0 aliphatic carbocycles. The summed E-state index contributed by atoms with van der Waals surface area (Å²) in [4.78, 5) is 0. The first kappa shape index (κ1) is 14.5. The summed E-state index contributed by atoms with van der Waals surface area (Å²) in [6.45, 7) is 1.84. The monoisotopic (exact) mass is 349 g/mol. The van der Waals surface area contributed by atoms with Crippen LogP contribution in [-0.4, -0.2) is 20.2 Å². The molecule has 0 bridgehead atoms. The van der Waals surface area contributed by atoms with Crippen LogP contribution in [0.4, 0.5) is 4.39 Å². The van der Waals surface area contributed by atoms with Crippen molar-refractivity contribution in [2.75, 3.05) is 20.2 Å². The van der Waals surface area contributed by atoms with Crippen LogP contribution in [0.3, 0.4) is 0 Å². The van der Waals surface area contributed by atoms with Gasteiger partial charge in [-0.05, 0) is 41.8 Å². The van der Waals surface area contributed by atoms with Crippen LogP contribution >= 0.6 is 15.9 Å². The summed E-state index contributed by atoms with van der Waals surface area (Å²) in [5.41, 5.74) is 2.35. The number of halogens is 2. The highest BCUT2D eigenvalue weighted by atomic mass is 79.9. The number of benzene rings is 2. The lowest BCUT2D eigenvalue weighted by Gasteiger charge is -2.43. The summed E-state index contributed by atoms with van der Waals surface area (Å²) in [6.07, 6.45) is 0.822. The zero-order valence-electron chi connectivity index (χ0n) is 11.8. The van der Waals surface area contributed by atoms with Crippen molar-refractivity contribution >= 4 is 15.9 Å². The normalized spacial score (nSPS) is 16.3. The fourth-order valence-electron chi connectivity index (χ4n) is 2.87. The molecule has 21 heavy (non-hydrogen) atoms. The Bertz CT molecular complexity index is 638. The Hall–Kier alpha value is -1.39. The van der Waals surface area contributed by atoms with E-state index in [4.69, 9.17) is 4.74 Å². The topological polar surface area (TPSA) is 21.3 Å². The SMILES string of the molecule is COc1ccc(CC2(c3ccc(Br)cc3)CNC2)cc1F. The first-order chi connectivity index (χ1) is 10.1. The number of hydrogen-bond acceptors (Lipinski definition) is 2. The molecular formula is C17H17BrFNO. The Balaban J connectivity index is 1.87. The van der Waals surface area contributed by atoms with E-state index in [9.17, 15) is 4.39 Å². The maximum Gasteiger partial charge on any atom is 0.165 e. The molecule has 0 atom stereocenters. The van der Waals surface area contributed by atoms with Gasteiger partial charge in [-0.3, -0.25) is 0 Å². The number of rotatable bonds is 4. The van der Waals surface area contributed by atoms with Crippen LogP contribution in [0.5, 0.6) is 5.75 Å². The second-order valence-corrected chi connectivity index (χ2v) is 6.45. The molecule has 4 heteroatoms. The molecule has 1 heterocycles. The van der Waals surface area contributed by atoms with Gasteiger partial charge in [0.15, 0.2) is 11.6 Å². The van der Waals surface area contributed by atoms with Gasteiger partial charge in [0.1, 0.15) is 0 Å². The van der Waals surface area contributed by atoms with Crippen LogP contribution in [0.2, 0.25) is 0 Å². The fraction of sp³-hybridized carbons (Fsp3) is 0.294. The molecule has 1 N–H and O–H groups in total. The van der Waals surface area contributed by atoms with Gasteiger partial charge >= 0.3 is 0 Å². The van der Waals surface area contributed by atoms with Gasteiger partial charge in [0.25, 0.3) is 0 Å². The van der Waals surface area contributed by atoms with Crippen LogP contribution in [0, 0.1) is 5.82 Å². The second kappa shape index (κ2) is 5.78. The number of ether oxygens (including phenoxy) is 1. The Kier molecular flexibility index (Phi) is 4.00. The van der Waals surface area contributed by atoms with Gasteiger partial charge < -0.3 is 10.1 Å². The summed E-state index contributed by atoms with van der Waals surface area (Å²) >= 11 is 3.47. The minimum atomic E-state index is -0.298. The molecule has 0 saturated carbocycles. The highest BCUT2D eigenvalue weighted by molar-refractivity contribution is 9.10. The van der Waals surface area contributed by atoms with Crippen molar-refractivity contribution in [3.63, 3.8) is 0 Å². The molecule has 110 valence electrons. The Morgan fingerprint density at radius 3 is 2.43 bits per heavy atom. The molecule has 0 spiro atoms. The molecule has 1 aliphatic rings. The van der Waals surface area contributed by atoms with Gasteiger partial charge in [-0.2, -0.15) is 0 Å². The van der Waals surface area contributed by atoms with Crippen molar-refractivity contribution in [2.24, 2.45) is 0 Å². The lowest BCUT2D eigenvalue weighted by Crippen LogP contribution is -2.58. The van der Waals surface area contributed by atoms with E-state index >= 15 is 0 Å². The van der Waals surface area contributed by atoms with Gasteiger partial charge in [0, 0.05) is 23.0 Å². The lowest BCUT2D eigenvalue weighted by molar-refractivity contribution is 0.274. The predicted molar refractivity (Wildman–Crippen MR) is 85.3 cm³/mol. The maximum atomic E-state index is 13.9. The number of hydrogen-bond donors (Lipinski definition) is 1. The van der Waals surface area contributed by atoms with E-state index in [1.807, 2.05) is 6.07 Å². The third-order valence-corrected chi connectivity index (χ3v) is 4.67. The average Bonchev–Trinajstić information content (AvgIpc) is 2.44. The van der Waals surface area contributed by atoms with Crippen LogP contribution in [0.15, 0.2) is 46.9 Å². The van der Waals surface area contributed by atoms with E-state index in [0.29, 0.717) is 5.75 Å². The van der Waals surface area contributed by atoms with Crippen LogP contribution in [-0.2, 0) is 11.8 Å². The Labute approximate surface area is 132 Å². The van der Waals surface area contributed by atoms with Gasteiger partial charge in [-0.15, -0.1) is 0 Å². The van der Waals surface area contributed by atoms with Crippen molar-refractivity contribution < 1.29 is 9.13 Å². The third-order valence-electron chi connectivity index (χ3n) is 4.14. The molecule has 2 aromatic rings. The van der Waals surface area contributed by atoms with Crippen molar-refractivity contribution in [2.45, 2.75) is 11.8 Å². The van der Waals surface area contributed by atoms with E-state index in [0.717, 1.165) is 29.5 Å². The second-order valence-electron chi connectivity index (χ2n) is 5.54. The molecular weight excluding hydrogens is 333 g/mol. The van der Waals surface area contributed by atoms with E-state index < -0.39 is 0 Å². The summed E-state index contributed by atoms with van der Waals surface area (Å²) in [5, 5.41) is 3.34. The molecule has 1 fully saturated rings. The molecule has 0 amide bonds. The van der Waals surface area contributed by atoms with Crippen molar-refractivity contribution in [1.29, 1.82) is 0 Å². The van der Waals surface area contributed by atoms with Crippen molar-refractivity contribution in [3.05, 3.63) is 63.9 Å². The molecule has 3 rings (SSSR count). The molecule has 1 aliphatic heterocycles. The summed E-state index contributed by atoms with van der Waals surface area (Å²) < 4.78 is 19.9. The minimum absolute atomic E-state index is 0.0573. The smallest absolute Gasteiger partial charge is 0.165 e. The quantitative estimate of drug-likeness (QED) is 0.908. The minimum Gasteiger partial charge on any atom is -0.494 e. The average molecular weight is 350 g/mol. The Morgan fingerprint density at radius 2 is 1.90 bits per heavy atom. The highest BCUT2D eigenvalue weighted by Gasteiger charge is 2.38. The summed E-state index contributed by atoms with van der Waals surface area (Å²) in [6, 6.07) is 13.6. The maximum absolute atomic E-state index is 13.9. The van der Waals surface area contributed by atoms with Crippen LogP contribution < -0.4 is 10.1 Å². The Morgan fingerprint density at radius 1 is 1.19 bits per heavy atom. The first-order valence-electron chi connectivity index (χ1n) is 6.92. The predicted octanol–water partition coefficient (Wildman–Crippen LogP) is 3.68. The molecule has 2 nitrogen and oxygen atoms in total. The molecule has 0 unspecified atom stereocenters. The zero-order chi connectivity index (χ0) is 14.9. The van der Waals surface area contributed by atoms with E-state index in [1.165, 1.54) is 12.7 Å². The van der Waals surface area contributed by atoms with Crippen LogP contribution in [0.1, 0.15) is 11.1 Å². The molecule has 2 aromatic carbocycles. The van der Waals surface area contributed by atoms with Crippen LogP contribution in [0.25, 0.3) is 0 Å². The van der Waals surface area contributed by atoms with E-state index in [2.05, 4.69) is 45.5 Å². The molecule has 1 saturated heterocycles. The third kappa shape index (κ3) is 2.83. The van der Waals surface area contributed by atoms with Gasteiger partial charge in [0.2, 0.25) is 0 Å². The lowest BCUT2D eigenvalue weighted by atomic mass is 9.71. The standard InChI is InChI=1S/C17H17BrFNO/c1-21-16-7-2-12(8-15(16)19)9-17(10-20-11-17)13-3-5-14(18)6-4-13/h2-8,20H,9-11H2,1H3. The summed E-state index contributed by atoms with van der Waals surface area (Å²) in [5.74, 6) is -0.00332. The number of methoxy groups -OCH3 is 1. The fourth-order valence-corrected chi connectivity index (χ4v) is 3.14. The largest absolute Gasteiger partial charge is 0.494 e. The molecule has 0 radical (unpaired) electrons. The van der Waals surface area contributed by atoms with E-state index in [-0.39, 0.29) is 11.2 Å².